The maximum Gasteiger partial charge on any atom is 0.264 e. The summed E-state index contributed by atoms with van der Waals surface area (Å²) in [5.74, 6) is -0.507. The number of rotatable bonds is 6. The number of para-hydroxylation sites is 1. The average Bonchev–Trinajstić information content (AvgIpc) is 2.64. The molecule has 1 N–H and O–H groups in total. The lowest BCUT2D eigenvalue weighted by Gasteiger charge is -2.25. The molecule has 0 unspecified atom stereocenters. The Morgan fingerprint density at radius 1 is 1.03 bits per heavy atom. The number of carbonyl (C=O) groups excluding carboxylic acids is 1. The second-order valence-corrected chi connectivity index (χ2v) is 9.96. The van der Waals surface area contributed by atoms with Gasteiger partial charge in [-0.2, -0.15) is 5.10 Å². The highest BCUT2D eigenvalue weighted by molar-refractivity contribution is 7.92. The van der Waals surface area contributed by atoms with E-state index >= 15 is 0 Å². The van der Waals surface area contributed by atoms with Crippen LogP contribution in [0, 0.1) is 19.3 Å². The Kier molecular flexibility index (Phi) is 6.85. The van der Waals surface area contributed by atoms with Gasteiger partial charge in [-0.15, -0.1) is 0 Å². The molecule has 2 aromatic rings. The summed E-state index contributed by atoms with van der Waals surface area (Å²) in [7, 11) is -3.93. The Hall–Kier alpha value is -2.67. The molecule has 7 heteroatoms. The van der Waals surface area contributed by atoms with Crippen LogP contribution in [-0.4, -0.2) is 26.6 Å². The second-order valence-electron chi connectivity index (χ2n) is 8.09. The van der Waals surface area contributed by atoms with Crippen molar-refractivity contribution in [3.8, 4) is 0 Å². The third kappa shape index (κ3) is 5.67. The largest absolute Gasteiger partial charge is 0.271 e. The summed E-state index contributed by atoms with van der Waals surface area (Å²) in [5, 5.41) is 4.13. The summed E-state index contributed by atoms with van der Waals surface area (Å²) in [6.07, 6.45) is 0. The van der Waals surface area contributed by atoms with Gasteiger partial charge in [0.2, 0.25) is 0 Å². The molecule has 0 atom stereocenters. The van der Waals surface area contributed by atoms with E-state index in [1.807, 2.05) is 53.7 Å². The number of amides is 1. The SMILES string of the molecule is C/C(=N/NC(=O)CN(c1ccccc1C)S(=O)(=O)c1ccc(C)cc1)C(C)(C)C. The van der Waals surface area contributed by atoms with Crippen LogP contribution in [0.5, 0.6) is 0 Å². The number of hydrazone groups is 1. The highest BCUT2D eigenvalue weighted by atomic mass is 32.2. The van der Waals surface area contributed by atoms with E-state index in [4.69, 9.17) is 0 Å². The first-order chi connectivity index (χ1) is 13.4. The molecule has 0 aliphatic carbocycles. The molecule has 2 aromatic carbocycles. The quantitative estimate of drug-likeness (QED) is 0.571. The molecule has 0 saturated carbocycles. The summed E-state index contributed by atoms with van der Waals surface area (Å²) < 4.78 is 27.8. The summed E-state index contributed by atoms with van der Waals surface area (Å²) in [4.78, 5) is 12.7. The second kappa shape index (κ2) is 8.78. The van der Waals surface area contributed by atoms with Gasteiger partial charge < -0.3 is 0 Å². The van der Waals surface area contributed by atoms with E-state index in [1.54, 1.807) is 36.4 Å². The van der Waals surface area contributed by atoms with Crippen molar-refractivity contribution in [2.75, 3.05) is 10.8 Å². The zero-order valence-electron chi connectivity index (χ0n) is 17.9. The molecule has 29 heavy (non-hydrogen) atoms. The molecule has 6 nitrogen and oxygen atoms in total. The zero-order chi connectivity index (χ0) is 21.8. The van der Waals surface area contributed by atoms with Gasteiger partial charge >= 0.3 is 0 Å². The van der Waals surface area contributed by atoms with Crippen LogP contribution in [0.25, 0.3) is 0 Å². The zero-order valence-corrected chi connectivity index (χ0v) is 18.7. The van der Waals surface area contributed by atoms with Gasteiger partial charge in [0.15, 0.2) is 0 Å². The summed E-state index contributed by atoms with van der Waals surface area (Å²) in [6, 6.07) is 13.7. The molecule has 0 radical (unpaired) electrons. The Balaban J connectivity index is 2.40. The molecular weight excluding hydrogens is 386 g/mol. The van der Waals surface area contributed by atoms with Crippen LogP contribution >= 0.6 is 0 Å². The molecule has 0 aromatic heterocycles. The normalized spacial score (nSPS) is 12.6. The molecule has 0 saturated heterocycles. The smallest absolute Gasteiger partial charge is 0.264 e. The molecule has 2 rings (SSSR count). The predicted octanol–water partition coefficient (Wildman–Crippen LogP) is 4.04. The number of hydrogen-bond acceptors (Lipinski definition) is 4. The number of anilines is 1. The van der Waals surface area contributed by atoms with Crippen LogP contribution in [0.2, 0.25) is 0 Å². The van der Waals surface area contributed by atoms with Crippen LogP contribution in [-0.2, 0) is 14.8 Å². The Bertz CT molecular complexity index is 1000. The summed E-state index contributed by atoms with van der Waals surface area (Å²) >= 11 is 0. The van der Waals surface area contributed by atoms with E-state index in [9.17, 15) is 13.2 Å². The van der Waals surface area contributed by atoms with E-state index in [-0.39, 0.29) is 16.9 Å². The third-order valence-corrected chi connectivity index (χ3v) is 6.49. The number of benzene rings is 2. The van der Waals surface area contributed by atoms with Crippen LogP contribution in [0.4, 0.5) is 5.69 Å². The lowest BCUT2D eigenvalue weighted by atomic mass is 9.91. The minimum atomic E-state index is -3.93. The van der Waals surface area contributed by atoms with E-state index in [0.29, 0.717) is 5.69 Å². The van der Waals surface area contributed by atoms with Crippen molar-refractivity contribution in [2.24, 2.45) is 10.5 Å². The highest BCUT2D eigenvalue weighted by Gasteiger charge is 2.28. The van der Waals surface area contributed by atoms with Gasteiger partial charge in [0.25, 0.3) is 15.9 Å². The monoisotopic (exact) mass is 415 g/mol. The third-order valence-electron chi connectivity index (χ3n) is 4.71. The number of nitrogens with one attached hydrogen (secondary N) is 1. The van der Waals surface area contributed by atoms with Gasteiger partial charge in [0, 0.05) is 11.1 Å². The number of nitrogens with zero attached hydrogens (tertiary/aromatic N) is 2. The molecule has 0 spiro atoms. The fourth-order valence-corrected chi connectivity index (χ4v) is 3.95. The minimum Gasteiger partial charge on any atom is -0.271 e. The lowest BCUT2D eigenvalue weighted by molar-refractivity contribution is -0.119. The molecule has 0 aliphatic heterocycles. The minimum absolute atomic E-state index is 0.133. The Morgan fingerprint density at radius 2 is 1.62 bits per heavy atom. The fourth-order valence-electron chi connectivity index (χ4n) is 2.46. The number of hydrogen-bond donors (Lipinski definition) is 1. The van der Waals surface area contributed by atoms with Gasteiger partial charge in [-0.25, -0.2) is 13.8 Å². The van der Waals surface area contributed by atoms with Gasteiger partial charge in [0.1, 0.15) is 6.54 Å². The van der Waals surface area contributed by atoms with Crippen LogP contribution in [0.1, 0.15) is 38.8 Å². The topological polar surface area (TPSA) is 78.8 Å². The highest BCUT2D eigenvalue weighted by Crippen LogP contribution is 2.26. The first-order valence-electron chi connectivity index (χ1n) is 9.41. The lowest BCUT2D eigenvalue weighted by Crippen LogP contribution is -2.40. The standard InChI is InChI=1S/C22H29N3O3S/c1-16-11-13-19(14-12-16)29(27,28)25(20-10-8-7-9-17(20)2)15-21(26)24-23-18(3)22(4,5)6/h7-14H,15H2,1-6H3,(H,24,26)/b23-18-. The van der Waals surface area contributed by atoms with Gasteiger partial charge in [-0.1, -0.05) is 56.7 Å². The number of carbonyl (C=O) groups is 1. The first-order valence-corrected chi connectivity index (χ1v) is 10.9. The van der Waals surface area contributed by atoms with Crippen LogP contribution < -0.4 is 9.73 Å². The van der Waals surface area contributed by atoms with Gasteiger partial charge in [-0.3, -0.25) is 9.10 Å². The maximum absolute atomic E-state index is 13.3. The molecule has 0 fully saturated rings. The number of sulfonamides is 1. The van der Waals surface area contributed by atoms with Crippen molar-refractivity contribution in [3.63, 3.8) is 0 Å². The summed E-state index contributed by atoms with van der Waals surface area (Å²) in [5.41, 5.74) is 5.20. The summed E-state index contributed by atoms with van der Waals surface area (Å²) in [6.45, 7) is 11.1. The number of aryl methyl sites for hydroxylation is 2. The molecule has 0 bridgehead atoms. The van der Waals surface area contributed by atoms with E-state index in [0.717, 1.165) is 21.1 Å². The van der Waals surface area contributed by atoms with Gasteiger partial charge in [-0.05, 0) is 44.5 Å². The van der Waals surface area contributed by atoms with Crippen molar-refractivity contribution in [2.45, 2.75) is 46.4 Å². The van der Waals surface area contributed by atoms with E-state index in [2.05, 4.69) is 10.5 Å². The maximum atomic E-state index is 13.3. The van der Waals surface area contributed by atoms with Crippen molar-refractivity contribution < 1.29 is 13.2 Å². The Morgan fingerprint density at radius 3 is 2.17 bits per heavy atom. The van der Waals surface area contributed by atoms with E-state index in [1.165, 1.54) is 0 Å². The molecule has 0 heterocycles. The Labute approximate surface area is 173 Å². The molecular formula is C22H29N3O3S. The first kappa shape index (κ1) is 22.6. The molecule has 1 amide bonds. The van der Waals surface area contributed by atoms with Crippen LogP contribution in [0.3, 0.4) is 0 Å². The van der Waals surface area contributed by atoms with E-state index < -0.39 is 15.9 Å². The van der Waals surface area contributed by atoms with Crippen molar-refractivity contribution >= 4 is 27.3 Å². The molecule has 0 aliphatic rings. The van der Waals surface area contributed by atoms with Crippen molar-refractivity contribution in [1.29, 1.82) is 0 Å². The van der Waals surface area contributed by atoms with Crippen LogP contribution in [0.15, 0.2) is 58.5 Å². The predicted molar refractivity (Wildman–Crippen MR) is 118 cm³/mol. The van der Waals surface area contributed by atoms with Crippen molar-refractivity contribution in [3.05, 3.63) is 59.7 Å². The van der Waals surface area contributed by atoms with Crippen molar-refractivity contribution in [1.82, 2.24) is 5.43 Å². The van der Waals surface area contributed by atoms with Gasteiger partial charge in [0.05, 0.1) is 10.6 Å². The average molecular weight is 416 g/mol. The fraction of sp³-hybridized carbons (Fsp3) is 0.364. The molecule has 156 valence electrons.